The second-order valence-electron chi connectivity index (χ2n) is 6.58. The van der Waals surface area contributed by atoms with E-state index in [4.69, 9.17) is 4.98 Å². The lowest BCUT2D eigenvalue weighted by atomic mass is 9.96. The van der Waals surface area contributed by atoms with E-state index in [1.165, 1.54) is 10.7 Å². The Morgan fingerprint density at radius 2 is 2.17 bits per heavy atom. The van der Waals surface area contributed by atoms with Crippen LogP contribution in [0.25, 0.3) is 0 Å². The average molecular weight is 380 g/mol. The van der Waals surface area contributed by atoms with Gasteiger partial charge in [-0.2, -0.15) is 0 Å². The van der Waals surface area contributed by atoms with Crippen molar-refractivity contribution < 1.29 is 4.79 Å². The van der Waals surface area contributed by atoms with Crippen molar-refractivity contribution in [2.45, 2.75) is 44.9 Å². The van der Waals surface area contributed by atoms with Crippen LogP contribution in [0.1, 0.15) is 55.6 Å². The van der Waals surface area contributed by atoms with Crippen LogP contribution in [-0.2, 0) is 4.79 Å². The molecule has 23 heavy (non-hydrogen) atoms. The summed E-state index contributed by atoms with van der Waals surface area (Å²) >= 11 is 1.77. The number of aromatic nitrogens is 1. The maximum Gasteiger partial charge on any atom is 0.227 e. The van der Waals surface area contributed by atoms with E-state index in [0.717, 1.165) is 45.4 Å². The summed E-state index contributed by atoms with van der Waals surface area (Å²) in [6.45, 7) is 7.99. The van der Waals surface area contributed by atoms with Crippen molar-refractivity contribution in [1.82, 2.24) is 15.2 Å². The van der Waals surface area contributed by atoms with Gasteiger partial charge in [0.1, 0.15) is 0 Å². The van der Waals surface area contributed by atoms with E-state index in [-0.39, 0.29) is 30.7 Å². The Morgan fingerprint density at radius 3 is 2.78 bits per heavy atom. The highest BCUT2D eigenvalue weighted by Gasteiger charge is 2.31. The van der Waals surface area contributed by atoms with Crippen molar-refractivity contribution in [3.63, 3.8) is 0 Å². The molecule has 0 aromatic carbocycles. The summed E-state index contributed by atoms with van der Waals surface area (Å²) in [4.78, 5) is 19.4. The third-order valence-electron chi connectivity index (χ3n) is 4.62. The Hall–Kier alpha value is -0.360. The maximum absolute atomic E-state index is 12.6. The van der Waals surface area contributed by atoms with Crippen LogP contribution in [0.3, 0.4) is 0 Å². The number of carbonyl (C=O) groups is 1. The summed E-state index contributed by atoms with van der Waals surface area (Å²) in [5.74, 6) is 1.48. The van der Waals surface area contributed by atoms with Gasteiger partial charge in [0.15, 0.2) is 0 Å². The zero-order chi connectivity index (χ0) is 14.8. The molecule has 0 radical (unpaired) electrons. The molecule has 7 heteroatoms. The van der Waals surface area contributed by atoms with Crippen LogP contribution in [0.5, 0.6) is 0 Å². The minimum Gasteiger partial charge on any atom is -0.342 e. The van der Waals surface area contributed by atoms with Gasteiger partial charge in [-0.3, -0.25) is 4.79 Å². The molecule has 0 saturated carbocycles. The monoisotopic (exact) mass is 379 g/mol. The number of nitrogens with one attached hydrogen (secondary N) is 1. The van der Waals surface area contributed by atoms with Gasteiger partial charge in [0.05, 0.1) is 16.6 Å². The van der Waals surface area contributed by atoms with Gasteiger partial charge >= 0.3 is 0 Å². The number of thiazole rings is 1. The zero-order valence-corrected chi connectivity index (χ0v) is 16.2. The molecule has 2 atom stereocenters. The largest absolute Gasteiger partial charge is 0.342 e. The summed E-state index contributed by atoms with van der Waals surface area (Å²) < 4.78 is 0. The van der Waals surface area contributed by atoms with E-state index in [2.05, 4.69) is 29.4 Å². The van der Waals surface area contributed by atoms with Crippen LogP contribution in [0.2, 0.25) is 0 Å². The van der Waals surface area contributed by atoms with Crippen LogP contribution in [0.4, 0.5) is 0 Å². The molecule has 1 aromatic rings. The predicted octanol–water partition coefficient (Wildman–Crippen LogP) is 3.43. The second kappa shape index (κ2) is 9.21. The van der Waals surface area contributed by atoms with Crippen LogP contribution in [-0.4, -0.2) is 42.0 Å². The normalized spacial score (nSPS) is 24.2. The van der Waals surface area contributed by atoms with Crippen LogP contribution < -0.4 is 5.32 Å². The SMILES string of the molecule is CC(C)c1csc(C2CCCN(C(=O)C3CCNC3)C2)n1.Cl.Cl. The van der Waals surface area contributed by atoms with Gasteiger partial charge in [-0.1, -0.05) is 13.8 Å². The molecule has 0 spiro atoms. The first-order valence-corrected chi connectivity index (χ1v) is 8.98. The smallest absolute Gasteiger partial charge is 0.227 e. The van der Waals surface area contributed by atoms with E-state index >= 15 is 0 Å². The molecule has 2 aliphatic rings. The number of halogens is 2. The highest BCUT2D eigenvalue weighted by atomic mass is 35.5. The Kier molecular flexibility index (Phi) is 8.28. The number of piperidine rings is 1. The quantitative estimate of drug-likeness (QED) is 0.874. The maximum atomic E-state index is 12.6. The van der Waals surface area contributed by atoms with Crippen LogP contribution >= 0.6 is 36.2 Å². The zero-order valence-electron chi connectivity index (χ0n) is 13.8. The second-order valence-corrected chi connectivity index (χ2v) is 7.47. The van der Waals surface area contributed by atoms with E-state index in [0.29, 0.717) is 17.7 Å². The van der Waals surface area contributed by atoms with Crippen molar-refractivity contribution in [2.24, 2.45) is 5.92 Å². The van der Waals surface area contributed by atoms with Crippen LogP contribution in [0.15, 0.2) is 5.38 Å². The molecule has 2 aliphatic heterocycles. The fraction of sp³-hybridized carbons (Fsp3) is 0.750. The van der Waals surface area contributed by atoms with E-state index in [1.54, 1.807) is 11.3 Å². The molecule has 0 bridgehead atoms. The Labute approximate surface area is 155 Å². The Balaban J connectivity index is 0.00000132. The van der Waals surface area contributed by atoms with Gasteiger partial charge in [0.25, 0.3) is 0 Å². The molecule has 132 valence electrons. The van der Waals surface area contributed by atoms with Crippen molar-refractivity contribution in [2.75, 3.05) is 26.2 Å². The number of amides is 1. The van der Waals surface area contributed by atoms with Gasteiger partial charge in [0, 0.05) is 30.9 Å². The molecular formula is C16H27Cl2N3OS. The molecule has 0 aliphatic carbocycles. The summed E-state index contributed by atoms with van der Waals surface area (Å²) in [5, 5.41) is 6.70. The highest BCUT2D eigenvalue weighted by molar-refractivity contribution is 7.09. The minimum absolute atomic E-state index is 0. The summed E-state index contributed by atoms with van der Waals surface area (Å²) in [6, 6.07) is 0. The highest BCUT2D eigenvalue weighted by Crippen LogP contribution is 2.31. The number of rotatable bonds is 3. The van der Waals surface area contributed by atoms with Gasteiger partial charge in [-0.15, -0.1) is 36.2 Å². The van der Waals surface area contributed by atoms with Crippen molar-refractivity contribution >= 4 is 42.1 Å². The van der Waals surface area contributed by atoms with E-state index < -0.39 is 0 Å². The summed E-state index contributed by atoms with van der Waals surface area (Å²) in [5.41, 5.74) is 1.19. The first kappa shape index (κ1) is 20.7. The van der Waals surface area contributed by atoms with Crippen molar-refractivity contribution in [3.8, 4) is 0 Å². The Bertz CT molecular complexity index is 503. The first-order valence-electron chi connectivity index (χ1n) is 8.10. The van der Waals surface area contributed by atoms with Crippen LogP contribution in [0, 0.1) is 5.92 Å². The molecule has 2 fully saturated rings. The van der Waals surface area contributed by atoms with E-state index in [1.807, 2.05) is 0 Å². The van der Waals surface area contributed by atoms with Crippen molar-refractivity contribution in [1.29, 1.82) is 0 Å². The third-order valence-corrected chi connectivity index (χ3v) is 5.65. The number of carbonyl (C=O) groups excluding carboxylic acids is 1. The molecule has 2 unspecified atom stereocenters. The fourth-order valence-corrected chi connectivity index (χ4v) is 4.37. The van der Waals surface area contributed by atoms with E-state index in [9.17, 15) is 4.79 Å². The lowest BCUT2D eigenvalue weighted by Gasteiger charge is -2.33. The van der Waals surface area contributed by atoms with Crippen molar-refractivity contribution in [3.05, 3.63) is 16.1 Å². The molecule has 1 N–H and O–H groups in total. The topological polar surface area (TPSA) is 45.2 Å². The number of hydrogen-bond acceptors (Lipinski definition) is 4. The van der Waals surface area contributed by atoms with Gasteiger partial charge in [-0.05, 0) is 31.7 Å². The number of hydrogen-bond donors (Lipinski definition) is 1. The lowest BCUT2D eigenvalue weighted by Crippen LogP contribution is -2.42. The molecular weight excluding hydrogens is 353 g/mol. The number of likely N-dealkylation sites (tertiary alicyclic amines) is 1. The molecule has 2 saturated heterocycles. The standard InChI is InChI=1S/C16H25N3OS.2ClH/c1-11(2)14-10-21-15(18-14)13-4-3-7-19(9-13)16(20)12-5-6-17-8-12;;/h10-13,17H,3-9H2,1-2H3;2*1H. The number of nitrogens with zero attached hydrogens (tertiary/aromatic N) is 2. The van der Waals surface area contributed by atoms with Gasteiger partial charge < -0.3 is 10.2 Å². The minimum atomic E-state index is 0. The van der Waals surface area contributed by atoms with Gasteiger partial charge in [-0.25, -0.2) is 4.98 Å². The molecule has 4 nitrogen and oxygen atoms in total. The summed E-state index contributed by atoms with van der Waals surface area (Å²) in [6.07, 6.45) is 3.26. The summed E-state index contributed by atoms with van der Waals surface area (Å²) in [7, 11) is 0. The molecule has 1 aromatic heterocycles. The molecule has 3 rings (SSSR count). The fourth-order valence-electron chi connectivity index (χ4n) is 3.26. The molecule has 1 amide bonds. The lowest BCUT2D eigenvalue weighted by molar-refractivity contribution is -0.136. The van der Waals surface area contributed by atoms with Gasteiger partial charge in [0.2, 0.25) is 5.91 Å². The Morgan fingerprint density at radius 1 is 1.39 bits per heavy atom. The predicted molar refractivity (Wildman–Crippen MR) is 100 cm³/mol. The first-order chi connectivity index (χ1) is 10.1. The third kappa shape index (κ3) is 4.81. The average Bonchev–Trinajstić information content (AvgIpc) is 3.18. The molecule has 3 heterocycles.